The van der Waals surface area contributed by atoms with E-state index in [-0.39, 0.29) is 5.25 Å². The fourth-order valence-corrected chi connectivity index (χ4v) is 2.33. The van der Waals surface area contributed by atoms with Crippen LogP contribution in [0, 0.1) is 11.3 Å². The topological polar surface area (TPSA) is 40.9 Å². The van der Waals surface area contributed by atoms with Crippen LogP contribution in [0.15, 0.2) is 24.3 Å². The van der Waals surface area contributed by atoms with Crippen molar-refractivity contribution >= 4 is 18.0 Å². The first kappa shape index (κ1) is 24.7. The van der Waals surface area contributed by atoms with Crippen molar-refractivity contribution in [1.82, 2.24) is 0 Å². The molecule has 0 aliphatic rings. The van der Waals surface area contributed by atoms with Gasteiger partial charge in [-0.2, -0.15) is 17.0 Å². The molecule has 0 spiro atoms. The molecule has 0 aliphatic heterocycles. The van der Waals surface area contributed by atoms with E-state index in [1.54, 1.807) is 23.9 Å². The molecule has 1 aromatic carbocycles. The van der Waals surface area contributed by atoms with Crippen LogP contribution in [0.1, 0.15) is 71.3 Å². The summed E-state index contributed by atoms with van der Waals surface area (Å²) < 4.78 is 0. The summed E-state index contributed by atoms with van der Waals surface area (Å²) in [6.45, 7) is 14.1. The predicted octanol–water partition coefficient (Wildman–Crippen LogP) is 6.02. The van der Waals surface area contributed by atoms with Gasteiger partial charge < -0.3 is 4.79 Å². The smallest absolute Gasteiger partial charge is 0.121 e. The van der Waals surface area contributed by atoms with Gasteiger partial charge in [0.1, 0.15) is 6.29 Å². The van der Waals surface area contributed by atoms with Crippen LogP contribution in [-0.4, -0.2) is 12.0 Å². The van der Waals surface area contributed by atoms with Gasteiger partial charge in [0.2, 0.25) is 0 Å². The summed E-state index contributed by atoms with van der Waals surface area (Å²) in [7, 11) is 0. The van der Waals surface area contributed by atoms with E-state index >= 15 is 0 Å². The summed E-state index contributed by atoms with van der Waals surface area (Å²) >= 11 is 1.75. The van der Waals surface area contributed by atoms with Gasteiger partial charge in [-0.05, 0) is 23.4 Å². The molecule has 0 aromatic heterocycles. The first-order valence-electron chi connectivity index (χ1n) is 7.87. The summed E-state index contributed by atoms with van der Waals surface area (Å²) in [5.41, 5.74) is 1.78. The summed E-state index contributed by atoms with van der Waals surface area (Å²) in [6, 6.07) is 9.52. The normalized spacial score (nSPS) is 9.24. The van der Waals surface area contributed by atoms with Crippen LogP contribution >= 0.6 is 11.8 Å². The van der Waals surface area contributed by atoms with Gasteiger partial charge in [-0.15, -0.1) is 0 Å². The molecule has 0 aliphatic carbocycles. The number of carbonyl (C=O) groups is 1. The highest BCUT2D eigenvalue weighted by Gasteiger charge is 2.10. The van der Waals surface area contributed by atoms with Crippen molar-refractivity contribution in [3.05, 3.63) is 35.4 Å². The third-order valence-corrected chi connectivity index (χ3v) is 3.29. The average Bonchev–Trinajstić information content (AvgIpc) is 2.60. The Hall–Kier alpha value is -1.27. The summed E-state index contributed by atoms with van der Waals surface area (Å²) in [4.78, 5) is 10.5. The Balaban J connectivity index is -0.000000478. The monoisotopic (exact) mass is 309 g/mol. The van der Waals surface area contributed by atoms with E-state index in [0.29, 0.717) is 12.0 Å². The van der Waals surface area contributed by atoms with Crippen molar-refractivity contribution in [3.8, 4) is 6.07 Å². The van der Waals surface area contributed by atoms with E-state index in [0.717, 1.165) is 17.6 Å². The van der Waals surface area contributed by atoms with Crippen LogP contribution < -0.4 is 0 Å². The molecule has 0 fully saturated rings. The van der Waals surface area contributed by atoms with Gasteiger partial charge in [0, 0.05) is 11.7 Å². The first-order chi connectivity index (χ1) is 10.3. The zero-order valence-electron chi connectivity index (χ0n) is 14.6. The maximum absolute atomic E-state index is 10.5. The highest BCUT2D eigenvalue weighted by molar-refractivity contribution is 7.99. The Kier molecular flexibility index (Phi) is 24.8. The van der Waals surface area contributed by atoms with E-state index in [1.807, 2.05) is 53.7 Å². The van der Waals surface area contributed by atoms with Gasteiger partial charge in [-0.3, -0.25) is 0 Å². The summed E-state index contributed by atoms with van der Waals surface area (Å²) in [5.74, 6) is 0.985. The number of nitrogens with zero attached hydrogens (tertiary/aromatic N) is 1. The standard InChI is InChI=1S/C12H13NOS.3C2H6/c1-2-15-12(7-8-14)11-5-3-10(9-13)4-6-11;3*1-2/h3-6,8,12H,2,7H2,1H3;3*1-2H3. The number of carbonyl (C=O) groups excluding carboxylic acids is 1. The van der Waals surface area contributed by atoms with Crippen molar-refractivity contribution < 1.29 is 4.79 Å². The third kappa shape index (κ3) is 12.2. The molecule has 0 radical (unpaired) electrons. The second-order valence-electron chi connectivity index (χ2n) is 3.08. The minimum absolute atomic E-state index is 0.222. The number of aldehydes is 1. The lowest BCUT2D eigenvalue weighted by Gasteiger charge is -2.12. The van der Waals surface area contributed by atoms with Gasteiger partial charge in [0.25, 0.3) is 0 Å². The van der Waals surface area contributed by atoms with Crippen LogP contribution in [0.3, 0.4) is 0 Å². The lowest BCUT2D eigenvalue weighted by atomic mass is 10.1. The molecular weight excluding hydrogens is 278 g/mol. The Bertz CT molecular complexity index is 354. The van der Waals surface area contributed by atoms with Gasteiger partial charge in [0.15, 0.2) is 0 Å². The number of thioether (sulfide) groups is 1. The minimum Gasteiger partial charge on any atom is -0.303 e. The van der Waals surface area contributed by atoms with Crippen molar-refractivity contribution in [2.45, 2.75) is 60.1 Å². The zero-order chi connectivity index (χ0) is 17.1. The lowest BCUT2D eigenvalue weighted by Crippen LogP contribution is -1.95. The Morgan fingerprint density at radius 3 is 1.90 bits per heavy atom. The van der Waals surface area contributed by atoms with E-state index < -0.39 is 0 Å². The molecule has 0 saturated heterocycles. The van der Waals surface area contributed by atoms with Gasteiger partial charge in [-0.25, -0.2) is 0 Å². The molecule has 120 valence electrons. The third-order valence-electron chi connectivity index (χ3n) is 2.09. The summed E-state index contributed by atoms with van der Waals surface area (Å²) in [5, 5.41) is 8.88. The largest absolute Gasteiger partial charge is 0.303 e. The lowest BCUT2D eigenvalue weighted by molar-refractivity contribution is -0.107. The van der Waals surface area contributed by atoms with E-state index in [4.69, 9.17) is 5.26 Å². The maximum Gasteiger partial charge on any atom is 0.121 e. The van der Waals surface area contributed by atoms with Crippen LogP contribution in [0.4, 0.5) is 0 Å². The van der Waals surface area contributed by atoms with Crippen molar-refractivity contribution in [3.63, 3.8) is 0 Å². The molecule has 0 bridgehead atoms. The van der Waals surface area contributed by atoms with E-state index in [1.165, 1.54) is 0 Å². The molecule has 0 saturated carbocycles. The molecule has 1 aromatic rings. The highest BCUT2D eigenvalue weighted by Crippen LogP contribution is 2.30. The minimum atomic E-state index is 0.222. The molecule has 21 heavy (non-hydrogen) atoms. The zero-order valence-corrected chi connectivity index (χ0v) is 15.5. The van der Waals surface area contributed by atoms with E-state index in [2.05, 4.69) is 13.0 Å². The Labute approximate surface area is 136 Å². The Morgan fingerprint density at radius 1 is 1.10 bits per heavy atom. The molecule has 1 atom stereocenters. The number of benzene rings is 1. The molecule has 0 heterocycles. The maximum atomic E-state index is 10.5. The fourth-order valence-electron chi connectivity index (χ4n) is 1.36. The summed E-state index contributed by atoms with van der Waals surface area (Å²) in [6.07, 6.45) is 1.48. The number of hydrogen-bond donors (Lipinski definition) is 0. The number of rotatable bonds is 5. The van der Waals surface area contributed by atoms with Crippen LogP contribution in [0.2, 0.25) is 0 Å². The van der Waals surface area contributed by atoms with Gasteiger partial charge in [0.05, 0.1) is 11.6 Å². The second-order valence-corrected chi connectivity index (χ2v) is 4.56. The van der Waals surface area contributed by atoms with Crippen LogP contribution in [0.25, 0.3) is 0 Å². The van der Waals surface area contributed by atoms with Crippen molar-refractivity contribution in [1.29, 1.82) is 5.26 Å². The van der Waals surface area contributed by atoms with Gasteiger partial charge in [-0.1, -0.05) is 60.6 Å². The number of nitriles is 1. The molecule has 0 N–H and O–H groups in total. The average molecular weight is 310 g/mol. The second kappa shape index (κ2) is 21.0. The van der Waals surface area contributed by atoms with Crippen LogP contribution in [-0.2, 0) is 4.79 Å². The SMILES string of the molecule is CC.CC.CC.CCSC(CC=O)c1ccc(C#N)cc1. The highest BCUT2D eigenvalue weighted by atomic mass is 32.2. The van der Waals surface area contributed by atoms with E-state index in [9.17, 15) is 4.79 Å². The molecule has 3 heteroatoms. The molecule has 0 amide bonds. The molecule has 2 nitrogen and oxygen atoms in total. The molecular formula is C18H31NOS. The van der Waals surface area contributed by atoms with Crippen molar-refractivity contribution in [2.75, 3.05) is 5.75 Å². The first-order valence-corrected chi connectivity index (χ1v) is 8.92. The Morgan fingerprint density at radius 2 is 1.57 bits per heavy atom. The fraction of sp³-hybridized carbons (Fsp3) is 0.556. The molecule has 1 unspecified atom stereocenters. The van der Waals surface area contributed by atoms with Gasteiger partial charge >= 0.3 is 0 Å². The van der Waals surface area contributed by atoms with Crippen molar-refractivity contribution in [2.24, 2.45) is 0 Å². The quantitative estimate of drug-likeness (QED) is 0.624. The molecule has 1 rings (SSSR count). The van der Waals surface area contributed by atoms with Crippen LogP contribution in [0.5, 0.6) is 0 Å². The predicted molar refractivity (Wildman–Crippen MR) is 96.8 cm³/mol. The number of hydrogen-bond acceptors (Lipinski definition) is 3.